The minimum atomic E-state index is -0.442. The third-order valence-corrected chi connectivity index (χ3v) is 4.14. The zero-order chi connectivity index (χ0) is 13.1. The van der Waals surface area contributed by atoms with Crippen LogP contribution in [0.15, 0.2) is 18.2 Å². The highest BCUT2D eigenvalue weighted by Gasteiger charge is 2.24. The lowest BCUT2D eigenvalue weighted by Crippen LogP contribution is -2.20. The normalized spacial score (nSPS) is 23.9. The van der Waals surface area contributed by atoms with E-state index >= 15 is 0 Å². The van der Waals surface area contributed by atoms with Gasteiger partial charge in [-0.15, -0.1) is 0 Å². The van der Waals surface area contributed by atoms with Crippen molar-refractivity contribution in [1.29, 1.82) is 0 Å². The molecular formula is C15H18ClFO. The van der Waals surface area contributed by atoms with Gasteiger partial charge in [-0.3, -0.25) is 4.79 Å². The lowest BCUT2D eigenvalue weighted by Gasteiger charge is -2.28. The summed E-state index contributed by atoms with van der Waals surface area (Å²) in [5.41, 5.74) is 0.401. The number of halogens is 2. The van der Waals surface area contributed by atoms with Gasteiger partial charge in [0.2, 0.25) is 0 Å². The van der Waals surface area contributed by atoms with Crippen LogP contribution < -0.4 is 0 Å². The largest absolute Gasteiger partial charge is 0.294 e. The van der Waals surface area contributed by atoms with Crippen LogP contribution >= 0.6 is 11.6 Å². The van der Waals surface area contributed by atoms with Crippen molar-refractivity contribution < 1.29 is 9.18 Å². The third kappa shape index (κ3) is 3.32. The molecule has 0 saturated heterocycles. The Morgan fingerprint density at radius 1 is 1.33 bits per heavy atom. The van der Waals surface area contributed by atoms with Crippen LogP contribution in [-0.4, -0.2) is 5.78 Å². The van der Waals surface area contributed by atoms with E-state index in [2.05, 4.69) is 6.92 Å². The van der Waals surface area contributed by atoms with Gasteiger partial charge in [0.25, 0.3) is 0 Å². The first-order valence-corrected chi connectivity index (χ1v) is 6.93. The molecule has 18 heavy (non-hydrogen) atoms. The molecule has 3 heteroatoms. The van der Waals surface area contributed by atoms with E-state index in [0.717, 1.165) is 6.42 Å². The molecule has 1 fully saturated rings. The van der Waals surface area contributed by atoms with E-state index in [1.54, 1.807) is 6.07 Å². The predicted molar refractivity (Wildman–Crippen MR) is 71.5 cm³/mol. The lowest BCUT2D eigenvalue weighted by atomic mass is 9.77. The van der Waals surface area contributed by atoms with Crippen molar-refractivity contribution in [3.8, 4) is 0 Å². The van der Waals surface area contributed by atoms with Crippen LogP contribution in [0.25, 0.3) is 0 Å². The maximum Gasteiger partial charge on any atom is 0.163 e. The molecule has 0 bridgehead atoms. The molecule has 1 nitrogen and oxygen atoms in total. The van der Waals surface area contributed by atoms with Crippen LogP contribution in [0.3, 0.4) is 0 Å². The first kappa shape index (κ1) is 13.5. The first-order chi connectivity index (χ1) is 8.56. The molecule has 2 atom stereocenters. The molecule has 0 aromatic heterocycles. The van der Waals surface area contributed by atoms with Crippen LogP contribution in [0.2, 0.25) is 5.02 Å². The second-order valence-electron chi connectivity index (χ2n) is 5.31. The summed E-state index contributed by atoms with van der Waals surface area (Å²) in [6, 6.07) is 4.06. The summed E-state index contributed by atoms with van der Waals surface area (Å²) in [4.78, 5) is 12.1. The van der Waals surface area contributed by atoms with Gasteiger partial charge in [-0.2, -0.15) is 0 Å². The summed E-state index contributed by atoms with van der Waals surface area (Å²) >= 11 is 5.77. The molecule has 98 valence electrons. The Hall–Kier alpha value is -0.890. The monoisotopic (exact) mass is 268 g/mol. The van der Waals surface area contributed by atoms with Crippen molar-refractivity contribution in [2.45, 2.75) is 39.0 Å². The Bertz CT molecular complexity index is 424. The first-order valence-electron chi connectivity index (χ1n) is 6.55. The van der Waals surface area contributed by atoms with Gasteiger partial charge in [0.15, 0.2) is 5.78 Å². The molecule has 1 saturated carbocycles. The zero-order valence-electron chi connectivity index (χ0n) is 10.6. The lowest BCUT2D eigenvalue weighted by molar-refractivity contribution is 0.0927. The van der Waals surface area contributed by atoms with Crippen molar-refractivity contribution in [1.82, 2.24) is 0 Å². The molecule has 0 aliphatic heterocycles. The average Bonchev–Trinajstić information content (AvgIpc) is 2.31. The van der Waals surface area contributed by atoms with Crippen molar-refractivity contribution in [2.24, 2.45) is 11.8 Å². The van der Waals surface area contributed by atoms with Crippen LogP contribution in [0, 0.1) is 17.7 Å². The number of hydrogen-bond acceptors (Lipinski definition) is 1. The predicted octanol–water partition coefficient (Wildman–Crippen LogP) is 4.88. The molecule has 1 aromatic rings. The Morgan fingerprint density at radius 2 is 2.06 bits per heavy atom. The second kappa shape index (κ2) is 5.83. The molecule has 0 spiro atoms. The zero-order valence-corrected chi connectivity index (χ0v) is 11.3. The van der Waals surface area contributed by atoms with E-state index in [-0.39, 0.29) is 10.8 Å². The molecular weight excluding hydrogens is 251 g/mol. The number of Topliss-reactive ketones (excluding diaryl/α,β-unsaturated/α-hetero) is 1. The van der Waals surface area contributed by atoms with E-state index < -0.39 is 5.82 Å². The second-order valence-corrected chi connectivity index (χ2v) is 5.74. The number of ketones is 1. The molecule has 1 aliphatic carbocycles. The van der Waals surface area contributed by atoms with Gasteiger partial charge in [-0.05, 0) is 36.5 Å². The quantitative estimate of drug-likeness (QED) is 0.714. The number of rotatable bonds is 3. The van der Waals surface area contributed by atoms with Crippen LogP contribution in [-0.2, 0) is 0 Å². The van der Waals surface area contributed by atoms with Gasteiger partial charge in [0, 0.05) is 17.0 Å². The Morgan fingerprint density at radius 3 is 2.72 bits per heavy atom. The van der Waals surface area contributed by atoms with Gasteiger partial charge in [-0.25, -0.2) is 4.39 Å². The van der Waals surface area contributed by atoms with E-state index in [4.69, 9.17) is 11.6 Å². The van der Waals surface area contributed by atoms with Crippen molar-refractivity contribution in [3.63, 3.8) is 0 Å². The molecule has 1 aromatic carbocycles. The number of benzene rings is 1. The number of carbonyl (C=O) groups is 1. The highest BCUT2D eigenvalue weighted by atomic mass is 35.5. The summed E-state index contributed by atoms with van der Waals surface area (Å²) in [6.45, 7) is 2.20. The van der Waals surface area contributed by atoms with Gasteiger partial charge < -0.3 is 0 Å². The van der Waals surface area contributed by atoms with Crippen LogP contribution in [0.4, 0.5) is 4.39 Å². The summed E-state index contributed by atoms with van der Waals surface area (Å²) in [6.07, 6.45) is 5.28. The molecule has 0 heterocycles. The maximum atomic E-state index is 13.2. The topological polar surface area (TPSA) is 17.1 Å². The van der Waals surface area contributed by atoms with E-state index in [1.165, 1.54) is 31.4 Å². The van der Waals surface area contributed by atoms with Gasteiger partial charge >= 0.3 is 0 Å². The maximum absolute atomic E-state index is 13.2. The fraction of sp³-hybridized carbons (Fsp3) is 0.533. The molecule has 2 rings (SSSR count). The Balaban J connectivity index is 2.06. The number of hydrogen-bond donors (Lipinski definition) is 0. The van der Waals surface area contributed by atoms with Crippen molar-refractivity contribution in [2.75, 3.05) is 0 Å². The summed E-state index contributed by atoms with van der Waals surface area (Å²) in [5, 5.41) is 0.287. The van der Waals surface area contributed by atoms with Crippen LogP contribution in [0.5, 0.6) is 0 Å². The Kier molecular flexibility index (Phi) is 4.39. The fourth-order valence-electron chi connectivity index (χ4n) is 2.77. The van der Waals surface area contributed by atoms with E-state index in [1.807, 2.05) is 0 Å². The van der Waals surface area contributed by atoms with Gasteiger partial charge in [0.05, 0.1) is 0 Å². The fourth-order valence-corrected chi connectivity index (χ4v) is 2.99. The molecule has 0 N–H and O–H groups in total. The molecule has 0 radical (unpaired) electrons. The summed E-state index contributed by atoms with van der Waals surface area (Å²) in [5.74, 6) is 0.595. The van der Waals surface area contributed by atoms with E-state index in [0.29, 0.717) is 23.8 Å². The SMILES string of the molecule is CC1CCCCC1CC(=O)c1cc(F)cc(Cl)c1. The molecule has 0 amide bonds. The van der Waals surface area contributed by atoms with Gasteiger partial charge in [0.1, 0.15) is 5.82 Å². The summed E-state index contributed by atoms with van der Waals surface area (Å²) in [7, 11) is 0. The molecule has 2 unspecified atom stereocenters. The summed E-state index contributed by atoms with van der Waals surface area (Å²) < 4.78 is 13.2. The van der Waals surface area contributed by atoms with Crippen molar-refractivity contribution >= 4 is 17.4 Å². The molecule has 1 aliphatic rings. The minimum Gasteiger partial charge on any atom is -0.294 e. The van der Waals surface area contributed by atoms with Crippen molar-refractivity contribution in [3.05, 3.63) is 34.6 Å². The van der Waals surface area contributed by atoms with Gasteiger partial charge in [-0.1, -0.05) is 37.8 Å². The Labute approximate surface area is 112 Å². The average molecular weight is 269 g/mol. The number of carbonyl (C=O) groups excluding carboxylic acids is 1. The minimum absolute atomic E-state index is 0.00940. The van der Waals surface area contributed by atoms with E-state index in [9.17, 15) is 9.18 Å². The standard InChI is InChI=1S/C15H18ClFO/c1-10-4-2-3-5-11(10)8-15(18)12-6-13(16)9-14(17)7-12/h6-7,9-11H,2-5,8H2,1H3. The third-order valence-electron chi connectivity index (χ3n) is 3.92. The smallest absolute Gasteiger partial charge is 0.163 e. The highest BCUT2D eigenvalue weighted by molar-refractivity contribution is 6.31. The van der Waals surface area contributed by atoms with Crippen LogP contribution in [0.1, 0.15) is 49.4 Å². The highest BCUT2D eigenvalue weighted by Crippen LogP contribution is 2.33.